The zero-order valence-electron chi connectivity index (χ0n) is 9.37. The second kappa shape index (κ2) is 3.62. The average molecular weight is 216 g/mol. The van der Waals surface area contributed by atoms with Gasteiger partial charge in [-0.15, -0.1) is 0 Å². The van der Waals surface area contributed by atoms with Gasteiger partial charge in [0.1, 0.15) is 5.75 Å². The third kappa shape index (κ3) is 1.36. The van der Waals surface area contributed by atoms with Crippen molar-refractivity contribution in [3.8, 4) is 5.75 Å². The van der Waals surface area contributed by atoms with Crippen molar-refractivity contribution in [3.05, 3.63) is 29.8 Å². The van der Waals surface area contributed by atoms with Gasteiger partial charge in [0.25, 0.3) is 0 Å². The Labute approximate surface area is 95.6 Å². The number of rotatable bonds is 0. The first-order valence-corrected chi connectivity index (χ1v) is 6.15. The van der Waals surface area contributed by atoms with Gasteiger partial charge >= 0.3 is 0 Å². The van der Waals surface area contributed by atoms with Crippen LogP contribution in [0.5, 0.6) is 5.75 Å². The molecule has 0 bridgehead atoms. The minimum atomic E-state index is -0.514. The normalized spacial score (nSPS) is 22.6. The summed E-state index contributed by atoms with van der Waals surface area (Å²) < 4.78 is 5.98. The van der Waals surface area contributed by atoms with Crippen molar-refractivity contribution >= 4 is 5.78 Å². The highest BCUT2D eigenvalue weighted by Gasteiger charge is 2.47. The van der Waals surface area contributed by atoms with Crippen LogP contribution in [0.2, 0.25) is 0 Å². The third-order valence-corrected chi connectivity index (χ3v) is 3.76. The van der Waals surface area contributed by atoms with Crippen molar-refractivity contribution < 1.29 is 9.53 Å². The molecule has 1 fully saturated rings. The number of carbonyl (C=O) groups excluding carboxylic acids is 1. The summed E-state index contributed by atoms with van der Waals surface area (Å²) in [7, 11) is 0. The molecule has 1 aromatic carbocycles. The van der Waals surface area contributed by atoms with E-state index in [1.807, 2.05) is 24.3 Å². The lowest BCUT2D eigenvalue weighted by Crippen LogP contribution is -2.39. The third-order valence-electron chi connectivity index (χ3n) is 3.76. The van der Waals surface area contributed by atoms with E-state index in [0.717, 1.165) is 37.0 Å². The van der Waals surface area contributed by atoms with Crippen molar-refractivity contribution in [2.45, 2.75) is 44.1 Å². The Bertz CT molecular complexity index is 414. The number of para-hydroxylation sites is 1. The minimum Gasteiger partial charge on any atom is -0.478 e. The summed E-state index contributed by atoms with van der Waals surface area (Å²) in [6.07, 6.45) is 6.46. The maximum absolute atomic E-state index is 12.4. The van der Waals surface area contributed by atoms with Gasteiger partial charge in [0, 0.05) is 0 Å². The van der Waals surface area contributed by atoms with Gasteiger partial charge in [0.15, 0.2) is 5.60 Å². The summed E-state index contributed by atoms with van der Waals surface area (Å²) in [5.41, 5.74) is 0.268. The monoisotopic (exact) mass is 216 g/mol. The molecular weight excluding hydrogens is 200 g/mol. The Hall–Kier alpha value is -1.31. The van der Waals surface area contributed by atoms with E-state index in [1.165, 1.54) is 12.8 Å². The zero-order valence-corrected chi connectivity index (χ0v) is 9.37. The predicted octanol–water partition coefficient (Wildman–Crippen LogP) is 3.35. The lowest BCUT2D eigenvalue weighted by molar-refractivity contribution is 0.0496. The standard InChI is InChI=1S/C14H16O2/c15-13-11-7-3-4-8-12(11)16-14(13)9-5-1-2-6-10-14/h3-4,7-8H,1-2,5-6,9-10H2. The van der Waals surface area contributed by atoms with Gasteiger partial charge in [-0.2, -0.15) is 0 Å². The van der Waals surface area contributed by atoms with Crippen molar-refractivity contribution in [2.24, 2.45) is 0 Å². The van der Waals surface area contributed by atoms with Crippen LogP contribution in [0.3, 0.4) is 0 Å². The van der Waals surface area contributed by atoms with Crippen molar-refractivity contribution in [2.75, 3.05) is 0 Å². The molecule has 0 radical (unpaired) electrons. The lowest BCUT2D eigenvalue weighted by Gasteiger charge is -2.25. The highest BCUT2D eigenvalue weighted by Crippen LogP contribution is 2.42. The number of benzene rings is 1. The first-order chi connectivity index (χ1) is 7.82. The fourth-order valence-corrected chi connectivity index (χ4v) is 2.87. The number of hydrogen-bond donors (Lipinski definition) is 0. The largest absolute Gasteiger partial charge is 0.478 e. The van der Waals surface area contributed by atoms with E-state index >= 15 is 0 Å². The van der Waals surface area contributed by atoms with E-state index in [1.54, 1.807) is 0 Å². The Kier molecular flexibility index (Phi) is 2.23. The second-order valence-corrected chi connectivity index (χ2v) is 4.84. The summed E-state index contributed by atoms with van der Waals surface area (Å²) in [5, 5.41) is 0. The van der Waals surface area contributed by atoms with Gasteiger partial charge in [-0.1, -0.05) is 25.0 Å². The fraction of sp³-hybridized carbons (Fsp3) is 0.500. The molecule has 1 saturated carbocycles. The molecule has 84 valence electrons. The molecular formula is C14H16O2. The molecule has 1 spiro atoms. The second-order valence-electron chi connectivity index (χ2n) is 4.84. The highest BCUT2D eigenvalue weighted by molar-refractivity contribution is 6.07. The van der Waals surface area contributed by atoms with Crippen LogP contribution < -0.4 is 4.74 Å². The van der Waals surface area contributed by atoms with Gasteiger partial charge in [0.05, 0.1) is 5.56 Å². The number of Topliss-reactive ketones (excluding diaryl/α,β-unsaturated/α-hetero) is 1. The van der Waals surface area contributed by atoms with E-state index in [4.69, 9.17) is 4.74 Å². The van der Waals surface area contributed by atoms with Crippen molar-refractivity contribution in [3.63, 3.8) is 0 Å². The molecule has 2 nitrogen and oxygen atoms in total. The van der Waals surface area contributed by atoms with Crippen LogP contribution >= 0.6 is 0 Å². The Morgan fingerprint density at radius 3 is 2.38 bits per heavy atom. The molecule has 0 N–H and O–H groups in total. The SMILES string of the molecule is O=C1c2ccccc2OC12CCCCCC2. The van der Waals surface area contributed by atoms with E-state index in [9.17, 15) is 4.79 Å². The number of hydrogen-bond acceptors (Lipinski definition) is 2. The van der Waals surface area contributed by atoms with Gasteiger partial charge in [-0.05, 0) is 37.8 Å². The van der Waals surface area contributed by atoms with Crippen LogP contribution in [0.15, 0.2) is 24.3 Å². The summed E-state index contributed by atoms with van der Waals surface area (Å²) >= 11 is 0. The van der Waals surface area contributed by atoms with E-state index < -0.39 is 5.60 Å². The van der Waals surface area contributed by atoms with Crippen LogP contribution in [0.4, 0.5) is 0 Å². The number of carbonyl (C=O) groups is 1. The Morgan fingerprint density at radius 1 is 1.00 bits per heavy atom. The molecule has 0 aromatic heterocycles. The summed E-state index contributed by atoms with van der Waals surface area (Å²) in [5.74, 6) is 0.999. The number of ether oxygens (including phenoxy) is 1. The smallest absolute Gasteiger partial charge is 0.210 e. The van der Waals surface area contributed by atoms with Crippen LogP contribution in [-0.4, -0.2) is 11.4 Å². The Morgan fingerprint density at radius 2 is 1.69 bits per heavy atom. The van der Waals surface area contributed by atoms with E-state index in [0.29, 0.717) is 0 Å². The molecule has 1 aliphatic heterocycles. The highest BCUT2D eigenvalue weighted by atomic mass is 16.5. The molecule has 0 amide bonds. The maximum atomic E-state index is 12.4. The molecule has 1 aromatic rings. The Balaban J connectivity index is 1.98. The predicted molar refractivity (Wildman–Crippen MR) is 61.8 cm³/mol. The molecule has 1 heterocycles. The first-order valence-electron chi connectivity index (χ1n) is 6.15. The van der Waals surface area contributed by atoms with Crippen LogP contribution in [0.25, 0.3) is 0 Å². The molecule has 2 aliphatic rings. The topological polar surface area (TPSA) is 26.3 Å². The molecule has 16 heavy (non-hydrogen) atoms. The quantitative estimate of drug-likeness (QED) is 0.664. The van der Waals surface area contributed by atoms with Crippen LogP contribution in [0.1, 0.15) is 48.9 Å². The minimum absolute atomic E-state index is 0.213. The van der Waals surface area contributed by atoms with Gasteiger partial charge in [-0.25, -0.2) is 0 Å². The fourth-order valence-electron chi connectivity index (χ4n) is 2.87. The molecule has 1 aliphatic carbocycles. The van der Waals surface area contributed by atoms with Crippen molar-refractivity contribution in [1.29, 1.82) is 0 Å². The first kappa shape index (κ1) is 9.88. The zero-order chi connectivity index (χ0) is 11.0. The van der Waals surface area contributed by atoms with Crippen molar-refractivity contribution in [1.82, 2.24) is 0 Å². The maximum Gasteiger partial charge on any atom is 0.210 e. The number of ketones is 1. The average Bonchev–Trinajstić information content (AvgIpc) is 2.49. The lowest BCUT2D eigenvalue weighted by atomic mass is 9.88. The summed E-state index contributed by atoms with van der Waals surface area (Å²) in [4.78, 5) is 12.4. The van der Waals surface area contributed by atoms with E-state index in [-0.39, 0.29) is 5.78 Å². The van der Waals surface area contributed by atoms with Crippen LogP contribution in [-0.2, 0) is 0 Å². The van der Waals surface area contributed by atoms with Gasteiger partial charge in [-0.3, -0.25) is 4.79 Å². The molecule has 0 atom stereocenters. The molecule has 2 heteroatoms. The molecule has 0 unspecified atom stereocenters. The molecule has 3 rings (SSSR count). The van der Waals surface area contributed by atoms with Gasteiger partial charge < -0.3 is 4.74 Å². The van der Waals surface area contributed by atoms with Gasteiger partial charge in [0.2, 0.25) is 5.78 Å². The summed E-state index contributed by atoms with van der Waals surface area (Å²) in [6.45, 7) is 0. The summed E-state index contributed by atoms with van der Waals surface area (Å²) in [6, 6.07) is 7.64. The number of fused-ring (bicyclic) bond motifs is 1. The van der Waals surface area contributed by atoms with E-state index in [2.05, 4.69) is 0 Å². The molecule has 0 saturated heterocycles. The van der Waals surface area contributed by atoms with Crippen LogP contribution in [0, 0.1) is 0 Å².